The van der Waals surface area contributed by atoms with Crippen LogP contribution in [0.2, 0.25) is 0 Å². The Labute approximate surface area is 101 Å². The van der Waals surface area contributed by atoms with Crippen LogP contribution in [0.15, 0.2) is 36.5 Å². The summed E-state index contributed by atoms with van der Waals surface area (Å²) < 4.78 is 18.6. The van der Waals surface area contributed by atoms with Gasteiger partial charge in [0, 0.05) is 12.1 Å². The fourth-order valence-corrected chi connectivity index (χ4v) is 1.25. The molecular weight excluding hydrogens is 241 g/mol. The number of nitrogens with zero attached hydrogens (tertiary/aromatic N) is 2. The van der Waals surface area contributed by atoms with Crippen molar-refractivity contribution in [3.8, 4) is 11.6 Å². The van der Waals surface area contributed by atoms with Crippen molar-refractivity contribution in [1.29, 1.82) is 0 Å². The molecule has 0 radical (unpaired) electrons. The zero-order valence-electron chi connectivity index (χ0n) is 9.04. The van der Waals surface area contributed by atoms with Crippen LogP contribution in [0.5, 0.6) is 11.6 Å². The van der Waals surface area contributed by atoms with Crippen molar-refractivity contribution in [1.82, 2.24) is 4.98 Å². The maximum atomic E-state index is 13.5. The smallest absolute Gasteiger partial charge is 0.272 e. The summed E-state index contributed by atoms with van der Waals surface area (Å²) in [6.45, 7) is 0. The van der Waals surface area contributed by atoms with Crippen LogP contribution in [0.1, 0.15) is 0 Å². The largest absolute Gasteiger partial charge is 0.436 e. The van der Waals surface area contributed by atoms with E-state index in [2.05, 4.69) is 4.98 Å². The van der Waals surface area contributed by atoms with Crippen molar-refractivity contribution < 1.29 is 14.1 Å². The molecule has 6 nitrogen and oxygen atoms in total. The summed E-state index contributed by atoms with van der Waals surface area (Å²) in [6.07, 6.45) is 1.36. The average Bonchev–Trinajstić information content (AvgIpc) is 2.34. The summed E-state index contributed by atoms with van der Waals surface area (Å²) in [4.78, 5) is 13.6. The topological polar surface area (TPSA) is 91.3 Å². The Morgan fingerprint density at radius 1 is 1.33 bits per heavy atom. The fraction of sp³-hybridized carbons (Fsp3) is 0. The number of non-ortho nitro benzene ring substituents is 1. The summed E-state index contributed by atoms with van der Waals surface area (Å²) in [5.41, 5.74) is 5.54. The fourth-order valence-electron chi connectivity index (χ4n) is 1.25. The number of benzene rings is 1. The number of anilines is 1. The highest BCUT2D eigenvalue weighted by Gasteiger charge is 2.12. The van der Waals surface area contributed by atoms with Gasteiger partial charge in [0.05, 0.1) is 22.9 Å². The highest BCUT2D eigenvalue weighted by molar-refractivity contribution is 5.40. The van der Waals surface area contributed by atoms with Crippen molar-refractivity contribution in [3.05, 3.63) is 52.5 Å². The minimum atomic E-state index is -0.831. The molecule has 92 valence electrons. The van der Waals surface area contributed by atoms with Gasteiger partial charge in [0.25, 0.3) is 5.69 Å². The molecule has 0 bridgehead atoms. The first-order valence-electron chi connectivity index (χ1n) is 4.89. The summed E-state index contributed by atoms with van der Waals surface area (Å²) in [5, 5.41) is 10.4. The molecule has 1 aromatic carbocycles. The molecule has 0 unspecified atom stereocenters. The maximum Gasteiger partial charge on any atom is 0.272 e. The van der Waals surface area contributed by atoms with Gasteiger partial charge in [-0.1, -0.05) is 0 Å². The van der Waals surface area contributed by atoms with Crippen molar-refractivity contribution >= 4 is 11.4 Å². The molecule has 0 aliphatic heterocycles. The van der Waals surface area contributed by atoms with Gasteiger partial charge in [-0.25, -0.2) is 9.37 Å². The predicted octanol–water partition coefficient (Wildman–Crippen LogP) is 2.50. The lowest BCUT2D eigenvalue weighted by molar-refractivity contribution is -0.385. The summed E-state index contributed by atoms with van der Waals surface area (Å²) in [7, 11) is 0. The zero-order valence-corrected chi connectivity index (χ0v) is 9.04. The van der Waals surface area contributed by atoms with Gasteiger partial charge in [0.2, 0.25) is 5.88 Å². The molecule has 1 aromatic heterocycles. The molecule has 0 atom stereocenters. The van der Waals surface area contributed by atoms with Crippen LogP contribution in [0.3, 0.4) is 0 Å². The van der Waals surface area contributed by atoms with E-state index in [0.29, 0.717) is 5.69 Å². The van der Waals surface area contributed by atoms with Crippen LogP contribution in [0.25, 0.3) is 0 Å². The molecule has 18 heavy (non-hydrogen) atoms. The number of halogens is 1. The molecule has 0 aliphatic rings. The number of pyridine rings is 1. The van der Waals surface area contributed by atoms with E-state index in [1.807, 2.05) is 0 Å². The van der Waals surface area contributed by atoms with E-state index in [4.69, 9.17) is 10.5 Å². The van der Waals surface area contributed by atoms with Crippen molar-refractivity contribution in [2.24, 2.45) is 0 Å². The lowest BCUT2D eigenvalue weighted by atomic mass is 10.3. The number of hydrogen-bond donors (Lipinski definition) is 1. The SMILES string of the molecule is Nc1ccc(Oc2ccc([N+](=O)[O-])cc2F)nc1. The van der Waals surface area contributed by atoms with E-state index in [-0.39, 0.29) is 17.3 Å². The van der Waals surface area contributed by atoms with Crippen molar-refractivity contribution in [2.75, 3.05) is 5.73 Å². The van der Waals surface area contributed by atoms with E-state index in [1.54, 1.807) is 6.07 Å². The van der Waals surface area contributed by atoms with Gasteiger partial charge < -0.3 is 10.5 Å². The number of hydrogen-bond acceptors (Lipinski definition) is 5. The Kier molecular flexibility index (Phi) is 3.05. The van der Waals surface area contributed by atoms with E-state index in [0.717, 1.165) is 12.1 Å². The Morgan fingerprint density at radius 3 is 2.67 bits per heavy atom. The van der Waals surface area contributed by atoms with E-state index in [1.165, 1.54) is 18.3 Å². The lowest BCUT2D eigenvalue weighted by Crippen LogP contribution is -1.94. The van der Waals surface area contributed by atoms with Crippen LogP contribution in [0, 0.1) is 15.9 Å². The third-order valence-electron chi connectivity index (χ3n) is 2.10. The molecule has 0 aliphatic carbocycles. The molecule has 0 saturated carbocycles. The van der Waals surface area contributed by atoms with Gasteiger partial charge in [-0.15, -0.1) is 0 Å². The number of aromatic nitrogens is 1. The van der Waals surface area contributed by atoms with E-state index < -0.39 is 10.7 Å². The van der Waals surface area contributed by atoms with Crippen LogP contribution in [-0.2, 0) is 0 Å². The standard InChI is InChI=1S/C11H8FN3O3/c12-9-5-8(15(16)17)2-3-10(9)18-11-4-1-7(13)6-14-11/h1-6H,13H2. The normalized spacial score (nSPS) is 10.1. The maximum absolute atomic E-state index is 13.5. The second kappa shape index (κ2) is 4.66. The summed E-state index contributed by atoms with van der Waals surface area (Å²) in [6, 6.07) is 6.12. The molecule has 0 amide bonds. The van der Waals surface area contributed by atoms with Crippen LogP contribution < -0.4 is 10.5 Å². The lowest BCUT2D eigenvalue weighted by Gasteiger charge is -2.05. The Hall–Kier alpha value is -2.70. The first-order valence-corrected chi connectivity index (χ1v) is 4.89. The third-order valence-corrected chi connectivity index (χ3v) is 2.10. The molecule has 0 fully saturated rings. The molecule has 7 heteroatoms. The number of nitro groups is 1. The minimum Gasteiger partial charge on any atom is -0.436 e. The first-order chi connectivity index (χ1) is 8.56. The highest BCUT2D eigenvalue weighted by atomic mass is 19.1. The highest BCUT2D eigenvalue weighted by Crippen LogP contribution is 2.26. The molecule has 2 rings (SSSR count). The molecule has 2 N–H and O–H groups in total. The first kappa shape index (κ1) is 11.8. The van der Waals surface area contributed by atoms with E-state index in [9.17, 15) is 14.5 Å². The molecule has 2 aromatic rings. The Bertz CT molecular complexity index is 587. The molecule has 1 heterocycles. The number of ether oxygens (including phenoxy) is 1. The Balaban J connectivity index is 2.24. The quantitative estimate of drug-likeness (QED) is 0.666. The van der Waals surface area contributed by atoms with Gasteiger partial charge in [-0.3, -0.25) is 10.1 Å². The number of rotatable bonds is 3. The van der Waals surface area contributed by atoms with Crippen molar-refractivity contribution in [2.45, 2.75) is 0 Å². The zero-order chi connectivity index (χ0) is 13.1. The second-order valence-corrected chi connectivity index (χ2v) is 3.40. The van der Waals surface area contributed by atoms with Gasteiger partial charge in [0.15, 0.2) is 11.6 Å². The van der Waals surface area contributed by atoms with Gasteiger partial charge in [-0.2, -0.15) is 0 Å². The second-order valence-electron chi connectivity index (χ2n) is 3.40. The molecule has 0 saturated heterocycles. The minimum absolute atomic E-state index is 0.141. The van der Waals surface area contributed by atoms with Gasteiger partial charge in [-0.05, 0) is 12.1 Å². The molecule has 0 spiro atoms. The molecular formula is C11H8FN3O3. The number of nitrogen functional groups attached to an aromatic ring is 1. The van der Waals surface area contributed by atoms with E-state index >= 15 is 0 Å². The monoisotopic (exact) mass is 249 g/mol. The van der Waals surface area contributed by atoms with Gasteiger partial charge in [0.1, 0.15) is 0 Å². The van der Waals surface area contributed by atoms with Crippen LogP contribution in [0.4, 0.5) is 15.8 Å². The van der Waals surface area contributed by atoms with Crippen LogP contribution >= 0.6 is 0 Å². The predicted molar refractivity (Wildman–Crippen MR) is 61.8 cm³/mol. The third kappa shape index (κ3) is 2.51. The van der Waals surface area contributed by atoms with Crippen molar-refractivity contribution in [3.63, 3.8) is 0 Å². The van der Waals surface area contributed by atoms with Crippen LogP contribution in [-0.4, -0.2) is 9.91 Å². The van der Waals surface area contributed by atoms with Gasteiger partial charge >= 0.3 is 0 Å². The summed E-state index contributed by atoms with van der Waals surface area (Å²) >= 11 is 0. The number of nitrogens with two attached hydrogens (primary N) is 1. The Morgan fingerprint density at radius 2 is 2.11 bits per heavy atom. The summed E-state index contributed by atoms with van der Waals surface area (Å²) in [5.74, 6) is -0.822. The average molecular weight is 249 g/mol. The number of nitro benzene ring substituents is 1.